The van der Waals surface area contributed by atoms with E-state index in [4.69, 9.17) is 10.8 Å². The number of aliphatic hydroxyl groups excluding tert-OH is 1. The molecule has 0 atom stereocenters. The molecule has 0 spiro atoms. The van der Waals surface area contributed by atoms with Crippen molar-refractivity contribution in [3.05, 3.63) is 0 Å². The van der Waals surface area contributed by atoms with Gasteiger partial charge < -0.3 is 15.7 Å². The third-order valence-corrected chi connectivity index (χ3v) is 1.39. The van der Waals surface area contributed by atoms with E-state index in [9.17, 15) is 4.79 Å². The highest BCUT2D eigenvalue weighted by Crippen LogP contribution is 1.90. The zero-order valence-electron chi connectivity index (χ0n) is 6.92. The molecule has 0 aromatic heterocycles. The van der Waals surface area contributed by atoms with Gasteiger partial charge in [-0.2, -0.15) is 0 Å². The lowest BCUT2D eigenvalue weighted by Gasteiger charge is -2.19. The van der Waals surface area contributed by atoms with Crippen LogP contribution in [0.15, 0.2) is 0 Å². The summed E-state index contributed by atoms with van der Waals surface area (Å²) in [6.45, 7) is 3.08. The van der Waals surface area contributed by atoms with Crippen LogP contribution in [0, 0.1) is 0 Å². The summed E-state index contributed by atoms with van der Waals surface area (Å²) >= 11 is 0. The zero-order valence-corrected chi connectivity index (χ0v) is 6.92. The Morgan fingerprint density at radius 1 is 1.55 bits per heavy atom. The minimum absolute atomic E-state index is 0.00569. The lowest BCUT2D eigenvalue weighted by atomic mass is 10.4. The maximum Gasteiger partial charge on any atom is 0.236 e. The molecule has 0 rings (SSSR count). The van der Waals surface area contributed by atoms with Gasteiger partial charge in [-0.05, 0) is 6.42 Å². The summed E-state index contributed by atoms with van der Waals surface area (Å²) in [6, 6.07) is 0. The van der Waals surface area contributed by atoms with Crippen molar-refractivity contribution < 1.29 is 9.90 Å². The second kappa shape index (κ2) is 6.12. The fourth-order valence-electron chi connectivity index (χ4n) is 0.881. The Kier molecular flexibility index (Phi) is 5.78. The number of nitrogens with zero attached hydrogens (tertiary/aromatic N) is 1. The lowest BCUT2D eigenvalue weighted by molar-refractivity contribution is -0.130. The molecule has 1 amide bonds. The Morgan fingerprint density at radius 2 is 2.18 bits per heavy atom. The van der Waals surface area contributed by atoms with Crippen molar-refractivity contribution in [2.45, 2.75) is 13.3 Å². The van der Waals surface area contributed by atoms with E-state index in [0.717, 1.165) is 6.42 Å². The predicted molar refractivity (Wildman–Crippen MR) is 43.0 cm³/mol. The van der Waals surface area contributed by atoms with E-state index < -0.39 is 0 Å². The molecule has 4 nitrogen and oxygen atoms in total. The van der Waals surface area contributed by atoms with Crippen molar-refractivity contribution in [2.24, 2.45) is 5.73 Å². The monoisotopic (exact) mass is 160 g/mol. The summed E-state index contributed by atoms with van der Waals surface area (Å²) < 4.78 is 0. The minimum atomic E-state index is -0.0964. The topological polar surface area (TPSA) is 66.6 Å². The van der Waals surface area contributed by atoms with Crippen molar-refractivity contribution in [1.82, 2.24) is 4.90 Å². The van der Waals surface area contributed by atoms with E-state index in [-0.39, 0.29) is 19.1 Å². The fourth-order valence-corrected chi connectivity index (χ4v) is 0.881. The molecule has 0 radical (unpaired) electrons. The summed E-state index contributed by atoms with van der Waals surface area (Å²) in [5, 5.41) is 8.57. The minimum Gasteiger partial charge on any atom is -0.395 e. The van der Waals surface area contributed by atoms with Crippen LogP contribution in [-0.2, 0) is 4.79 Å². The number of hydrogen-bond donors (Lipinski definition) is 2. The van der Waals surface area contributed by atoms with E-state index in [1.807, 2.05) is 6.92 Å². The standard InChI is InChI=1S/C7H16N2O2/c1-2-3-9(4-5-10)7(11)6-8/h10H,2-6,8H2,1H3. The molecule has 3 N–H and O–H groups in total. The van der Waals surface area contributed by atoms with Crippen LogP contribution < -0.4 is 5.73 Å². The molecule has 0 fully saturated rings. The van der Waals surface area contributed by atoms with Gasteiger partial charge in [-0.15, -0.1) is 0 Å². The van der Waals surface area contributed by atoms with Crippen molar-refractivity contribution in [3.63, 3.8) is 0 Å². The van der Waals surface area contributed by atoms with Crippen LogP contribution in [0.5, 0.6) is 0 Å². The maximum absolute atomic E-state index is 11.0. The summed E-state index contributed by atoms with van der Waals surface area (Å²) in [5.74, 6) is -0.0964. The van der Waals surface area contributed by atoms with Gasteiger partial charge in [-0.25, -0.2) is 0 Å². The number of rotatable bonds is 5. The molecular weight excluding hydrogens is 144 g/mol. The molecule has 11 heavy (non-hydrogen) atoms. The molecule has 0 saturated carbocycles. The average Bonchev–Trinajstić information content (AvgIpc) is 2.03. The first kappa shape index (κ1) is 10.4. The Balaban J connectivity index is 3.76. The Hall–Kier alpha value is -0.610. The van der Waals surface area contributed by atoms with Crippen molar-refractivity contribution in [1.29, 1.82) is 0 Å². The molecule has 0 aliphatic carbocycles. The number of nitrogens with two attached hydrogens (primary N) is 1. The highest BCUT2D eigenvalue weighted by molar-refractivity contribution is 5.77. The first-order valence-corrected chi connectivity index (χ1v) is 3.85. The Labute approximate surface area is 67.0 Å². The molecule has 0 heterocycles. The molecule has 0 aliphatic rings. The van der Waals surface area contributed by atoms with Gasteiger partial charge in [0.1, 0.15) is 0 Å². The van der Waals surface area contributed by atoms with Crippen LogP contribution in [-0.4, -0.2) is 42.2 Å². The molecule has 4 heteroatoms. The van der Waals surface area contributed by atoms with Gasteiger partial charge in [-0.3, -0.25) is 4.79 Å². The molecule has 0 aliphatic heterocycles. The molecule has 0 unspecified atom stereocenters. The van der Waals surface area contributed by atoms with E-state index in [0.29, 0.717) is 13.1 Å². The molecule has 0 bridgehead atoms. The fraction of sp³-hybridized carbons (Fsp3) is 0.857. The van der Waals surface area contributed by atoms with Gasteiger partial charge in [0.05, 0.1) is 13.2 Å². The third-order valence-electron chi connectivity index (χ3n) is 1.39. The zero-order chi connectivity index (χ0) is 8.69. The highest BCUT2D eigenvalue weighted by atomic mass is 16.3. The van der Waals surface area contributed by atoms with Crippen LogP contribution in [0.1, 0.15) is 13.3 Å². The van der Waals surface area contributed by atoms with E-state index in [2.05, 4.69) is 0 Å². The Bertz CT molecular complexity index is 111. The normalized spacial score (nSPS) is 9.73. The largest absolute Gasteiger partial charge is 0.395 e. The quantitative estimate of drug-likeness (QED) is 0.552. The van der Waals surface area contributed by atoms with Gasteiger partial charge in [0.2, 0.25) is 5.91 Å². The SMILES string of the molecule is CCCN(CCO)C(=O)CN. The van der Waals surface area contributed by atoms with Crippen molar-refractivity contribution in [2.75, 3.05) is 26.2 Å². The molecule has 66 valence electrons. The second-order valence-electron chi connectivity index (χ2n) is 2.31. The number of carbonyl (C=O) groups excluding carboxylic acids is 1. The predicted octanol–water partition coefficient (Wildman–Crippen LogP) is -0.824. The first-order valence-electron chi connectivity index (χ1n) is 3.85. The third kappa shape index (κ3) is 3.95. The number of aliphatic hydroxyl groups is 1. The highest BCUT2D eigenvalue weighted by Gasteiger charge is 2.08. The summed E-state index contributed by atoms with van der Waals surface area (Å²) in [6.07, 6.45) is 0.895. The first-order chi connectivity index (χ1) is 5.26. The number of hydrogen-bond acceptors (Lipinski definition) is 3. The smallest absolute Gasteiger partial charge is 0.236 e. The van der Waals surface area contributed by atoms with E-state index in [1.165, 1.54) is 0 Å². The van der Waals surface area contributed by atoms with Crippen LogP contribution in [0.4, 0.5) is 0 Å². The van der Waals surface area contributed by atoms with Crippen LogP contribution in [0.25, 0.3) is 0 Å². The van der Waals surface area contributed by atoms with E-state index in [1.54, 1.807) is 4.90 Å². The molecule has 0 aromatic rings. The van der Waals surface area contributed by atoms with Crippen LogP contribution >= 0.6 is 0 Å². The summed E-state index contributed by atoms with van der Waals surface area (Å²) in [4.78, 5) is 12.6. The summed E-state index contributed by atoms with van der Waals surface area (Å²) in [7, 11) is 0. The average molecular weight is 160 g/mol. The van der Waals surface area contributed by atoms with Gasteiger partial charge in [-0.1, -0.05) is 6.92 Å². The molecular formula is C7H16N2O2. The van der Waals surface area contributed by atoms with Gasteiger partial charge in [0.15, 0.2) is 0 Å². The second-order valence-corrected chi connectivity index (χ2v) is 2.31. The van der Waals surface area contributed by atoms with Crippen molar-refractivity contribution >= 4 is 5.91 Å². The van der Waals surface area contributed by atoms with E-state index >= 15 is 0 Å². The summed E-state index contributed by atoms with van der Waals surface area (Å²) in [5.41, 5.74) is 5.16. The Morgan fingerprint density at radius 3 is 2.55 bits per heavy atom. The van der Waals surface area contributed by atoms with Crippen LogP contribution in [0.3, 0.4) is 0 Å². The maximum atomic E-state index is 11.0. The number of amides is 1. The van der Waals surface area contributed by atoms with Gasteiger partial charge >= 0.3 is 0 Å². The van der Waals surface area contributed by atoms with Crippen molar-refractivity contribution in [3.8, 4) is 0 Å². The molecule has 0 aromatic carbocycles. The molecule has 0 saturated heterocycles. The lowest BCUT2D eigenvalue weighted by Crippen LogP contribution is -2.38. The number of carbonyl (C=O) groups is 1. The van der Waals surface area contributed by atoms with Gasteiger partial charge in [0.25, 0.3) is 0 Å². The van der Waals surface area contributed by atoms with Crippen LogP contribution in [0.2, 0.25) is 0 Å². The van der Waals surface area contributed by atoms with Gasteiger partial charge in [0, 0.05) is 13.1 Å².